The summed E-state index contributed by atoms with van der Waals surface area (Å²) >= 11 is 5.85. The van der Waals surface area contributed by atoms with Crippen molar-refractivity contribution in [1.29, 1.82) is 0 Å². The van der Waals surface area contributed by atoms with Crippen molar-refractivity contribution in [2.45, 2.75) is 6.61 Å². The summed E-state index contributed by atoms with van der Waals surface area (Å²) in [4.78, 5) is 29.4. The Hall–Kier alpha value is -3.79. The molecule has 0 aliphatic carbocycles. The number of nitrogens with one attached hydrogen (secondary N) is 1. The molecule has 1 aromatic heterocycles. The summed E-state index contributed by atoms with van der Waals surface area (Å²) in [6.45, 7) is -3.46. The molecule has 1 amide bonds. The van der Waals surface area contributed by atoms with E-state index in [1.165, 1.54) is 56.7 Å². The first-order valence-corrected chi connectivity index (χ1v) is 10.1. The van der Waals surface area contributed by atoms with Crippen molar-refractivity contribution in [3.05, 3.63) is 70.6 Å². The summed E-state index contributed by atoms with van der Waals surface area (Å²) in [5.41, 5.74) is 0.784. The fourth-order valence-electron chi connectivity index (χ4n) is 2.97. The van der Waals surface area contributed by atoms with Gasteiger partial charge in [0, 0.05) is 11.1 Å². The molecule has 0 aliphatic rings. The maximum absolute atomic E-state index is 13.5. The molecule has 3 rings (SSSR count). The highest BCUT2D eigenvalue weighted by atomic mass is 35.5. The molecule has 0 aliphatic heterocycles. The Morgan fingerprint density at radius 1 is 1.00 bits per heavy atom. The molecule has 0 saturated carbocycles. The number of benzene rings is 2. The van der Waals surface area contributed by atoms with E-state index in [1.807, 2.05) is 0 Å². The Morgan fingerprint density at radius 2 is 1.71 bits per heavy atom. The number of methoxy groups -OCH3 is 2. The molecular weight excluding hydrogens is 477 g/mol. The van der Waals surface area contributed by atoms with Crippen LogP contribution in [0.4, 0.5) is 13.2 Å². The number of alkyl halides is 2. The highest BCUT2D eigenvalue weighted by molar-refractivity contribution is 6.31. The van der Waals surface area contributed by atoms with Gasteiger partial charge in [-0.25, -0.2) is 9.37 Å². The van der Waals surface area contributed by atoms with E-state index in [2.05, 4.69) is 15.0 Å². The van der Waals surface area contributed by atoms with Gasteiger partial charge in [-0.1, -0.05) is 11.6 Å². The molecule has 0 bridgehead atoms. The molecule has 178 valence electrons. The van der Waals surface area contributed by atoms with Gasteiger partial charge < -0.3 is 19.5 Å². The average molecular weight is 495 g/mol. The van der Waals surface area contributed by atoms with E-state index in [0.717, 1.165) is 6.07 Å². The fraction of sp³-hybridized carbons (Fsp3) is 0.174. The lowest BCUT2D eigenvalue weighted by atomic mass is 10.1. The zero-order chi connectivity index (χ0) is 24.8. The maximum atomic E-state index is 13.5. The summed E-state index contributed by atoms with van der Waals surface area (Å²) in [7, 11) is 2.65. The summed E-state index contributed by atoms with van der Waals surface area (Å²) in [5, 5.41) is 2.32. The van der Waals surface area contributed by atoms with Gasteiger partial charge in [-0.2, -0.15) is 8.78 Å². The number of carbonyl (C=O) groups is 2. The molecular formula is C23H18ClF3N2O5. The van der Waals surface area contributed by atoms with Crippen molar-refractivity contribution in [1.82, 2.24) is 10.3 Å². The highest BCUT2D eigenvalue weighted by Crippen LogP contribution is 2.31. The Labute approximate surface area is 197 Å². The smallest absolute Gasteiger partial charge is 0.387 e. The molecule has 0 saturated heterocycles. The van der Waals surface area contributed by atoms with Crippen molar-refractivity contribution in [3.63, 3.8) is 0 Å². The third-order valence-electron chi connectivity index (χ3n) is 4.61. The van der Waals surface area contributed by atoms with Crippen LogP contribution in [0, 0.1) is 5.82 Å². The predicted octanol–water partition coefficient (Wildman–Crippen LogP) is 4.77. The van der Waals surface area contributed by atoms with E-state index in [1.54, 1.807) is 0 Å². The summed E-state index contributed by atoms with van der Waals surface area (Å²) < 4.78 is 53.0. The Morgan fingerprint density at radius 3 is 2.35 bits per heavy atom. The number of nitrogens with zero attached hydrogens (tertiary/aromatic N) is 1. The first kappa shape index (κ1) is 24.8. The molecule has 0 spiro atoms. The van der Waals surface area contributed by atoms with Gasteiger partial charge in [0.15, 0.2) is 17.3 Å². The predicted molar refractivity (Wildman–Crippen MR) is 117 cm³/mol. The molecule has 2 aromatic carbocycles. The Kier molecular flexibility index (Phi) is 7.95. The lowest BCUT2D eigenvalue weighted by Gasteiger charge is -2.12. The van der Waals surface area contributed by atoms with Crippen molar-refractivity contribution < 1.29 is 37.0 Å². The topological polar surface area (TPSA) is 86.8 Å². The van der Waals surface area contributed by atoms with Gasteiger partial charge in [-0.05, 0) is 48.5 Å². The zero-order valence-corrected chi connectivity index (χ0v) is 18.7. The number of Topliss-reactive ketones (excluding diaryl/α,β-unsaturated/α-hetero) is 1. The molecule has 1 heterocycles. The lowest BCUT2D eigenvalue weighted by molar-refractivity contribution is -0.0512. The number of aromatic nitrogens is 1. The molecule has 0 unspecified atom stereocenters. The average Bonchev–Trinajstić information content (AvgIpc) is 2.83. The molecule has 7 nitrogen and oxygen atoms in total. The minimum Gasteiger partial charge on any atom is -0.494 e. The van der Waals surface area contributed by atoms with Crippen molar-refractivity contribution in [3.8, 4) is 28.5 Å². The van der Waals surface area contributed by atoms with Gasteiger partial charge in [0.25, 0.3) is 5.91 Å². The van der Waals surface area contributed by atoms with Crippen LogP contribution in [-0.4, -0.2) is 44.1 Å². The van der Waals surface area contributed by atoms with E-state index in [-0.39, 0.29) is 33.5 Å². The van der Waals surface area contributed by atoms with Gasteiger partial charge in [0.05, 0.1) is 25.8 Å². The van der Waals surface area contributed by atoms with Gasteiger partial charge in [0.1, 0.15) is 23.0 Å². The number of ether oxygens (including phenoxy) is 3. The summed E-state index contributed by atoms with van der Waals surface area (Å²) in [6.07, 6.45) is 0. The number of halogens is 4. The molecule has 34 heavy (non-hydrogen) atoms. The monoisotopic (exact) mass is 494 g/mol. The van der Waals surface area contributed by atoms with Crippen LogP contribution in [0.3, 0.4) is 0 Å². The summed E-state index contributed by atoms with van der Waals surface area (Å²) in [6, 6.07) is 10.5. The second-order valence-electron chi connectivity index (χ2n) is 6.73. The normalized spacial score (nSPS) is 10.7. The van der Waals surface area contributed by atoms with E-state index in [0.29, 0.717) is 11.3 Å². The van der Waals surface area contributed by atoms with Crippen LogP contribution in [-0.2, 0) is 0 Å². The first-order chi connectivity index (χ1) is 16.2. The third-order valence-corrected chi connectivity index (χ3v) is 4.90. The van der Waals surface area contributed by atoms with E-state index in [4.69, 9.17) is 21.1 Å². The number of pyridine rings is 1. The number of rotatable bonds is 9. The van der Waals surface area contributed by atoms with Crippen LogP contribution < -0.4 is 19.5 Å². The van der Waals surface area contributed by atoms with E-state index in [9.17, 15) is 22.8 Å². The van der Waals surface area contributed by atoms with Crippen molar-refractivity contribution in [2.24, 2.45) is 0 Å². The SMILES string of the molecule is COc1cc(C(=O)NCC(=O)c2ccc(OC)c(-c3ccc(F)c(Cl)c3)n2)ccc1OC(F)F. The summed E-state index contributed by atoms with van der Waals surface area (Å²) in [5.74, 6) is -1.74. The quantitative estimate of drug-likeness (QED) is 0.431. The van der Waals surface area contributed by atoms with Gasteiger partial charge >= 0.3 is 6.61 Å². The maximum Gasteiger partial charge on any atom is 0.387 e. The standard InChI is InChI=1S/C23H18ClF3N2O5/c1-32-19-8-6-16(29-21(19)12-3-5-15(25)14(24)9-12)17(30)11-28-22(31)13-4-7-18(34-23(26)27)20(10-13)33-2/h3-10,23H,11H2,1-2H3,(H,28,31). The van der Waals surface area contributed by atoms with Gasteiger partial charge in [0.2, 0.25) is 0 Å². The van der Waals surface area contributed by atoms with Crippen LogP contribution in [0.15, 0.2) is 48.5 Å². The number of carbonyl (C=O) groups excluding carboxylic acids is 2. The van der Waals surface area contributed by atoms with Crippen LogP contribution in [0.25, 0.3) is 11.3 Å². The molecule has 1 N–H and O–H groups in total. The zero-order valence-electron chi connectivity index (χ0n) is 17.9. The number of amides is 1. The molecule has 3 aromatic rings. The Bertz CT molecular complexity index is 1220. The number of hydrogen-bond donors (Lipinski definition) is 1. The molecule has 0 fully saturated rings. The van der Waals surface area contributed by atoms with E-state index < -0.39 is 30.7 Å². The van der Waals surface area contributed by atoms with Crippen LogP contribution in [0.5, 0.6) is 17.2 Å². The second-order valence-corrected chi connectivity index (χ2v) is 7.13. The van der Waals surface area contributed by atoms with Crippen LogP contribution in [0.1, 0.15) is 20.8 Å². The fourth-order valence-corrected chi connectivity index (χ4v) is 3.15. The van der Waals surface area contributed by atoms with Gasteiger partial charge in [-0.3, -0.25) is 9.59 Å². The third kappa shape index (κ3) is 5.76. The lowest BCUT2D eigenvalue weighted by Crippen LogP contribution is -2.30. The van der Waals surface area contributed by atoms with Crippen molar-refractivity contribution >= 4 is 23.3 Å². The molecule has 11 heteroatoms. The van der Waals surface area contributed by atoms with Gasteiger partial charge in [-0.15, -0.1) is 0 Å². The second kappa shape index (κ2) is 10.9. The largest absolute Gasteiger partial charge is 0.494 e. The minimum absolute atomic E-state index is 0.0230. The molecule has 0 atom stereocenters. The number of ketones is 1. The van der Waals surface area contributed by atoms with E-state index >= 15 is 0 Å². The minimum atomic E-state index is -3.06. The van der Waals surface area contributed by atoms with Crippen LogP contribution in [0.2, 0.25) is 5.02 Å². The van der Waals surface area contributed by atoms with Crippen LogP contribution >= 0.6 is 11.6 Å². The highest BCUT2D eigenvalue weighted by Gasteiger charge is 2.18. The first-order valence-electron chi connectivity index (χ1n) is 9.68. The number of hydrogen-bond acceptors (Lipinski definition) is 6. The molecule has 0 radical (unpaired) electrons. The Balaban J connectivity index is 1.76. The van der Waals surface area contributed by atoms with Crippen molar-refractivity contribution in [2.75, 3.05) is 20.8 Å².